The molecule has 0 saturated heterocycles. The third-order valence-electron chi connectivity index (χ3n) is 7.07. The van der Waals surface area contributed by atoms with Crippen molar-refractivity contribution < 1.29 is 9.90 Å². The van der Waals surface area contributed by atoms with E-state index in [1.807, 2.05) is 32.2 Å². The minimum absolute atomic E-state index is 0.0876. The second-order valence-electron chi connectivity index (χ2n) is 10.4. The van der Waals surface area contributed by atoms with Crippen molar-refractivity contribution >= 4 is 17.7 Å². The van der Waals surface area contributed by atoms with Gasteiger partial charge < -0.3 is 15.4 Å². The number of hydrogen-bond acceptors (Lipinski definition) is 3. The lowest BCUT2D eigenvalue weighted by atomic mass is 9.70. The Morgan fingerprint density at radius 2 is 2.11 bits per heavy atom. The number of aromatic nitrogens is 1. The van der Waals surface area contributed by atoms with Crippen LogP contribution >= 0.6 is 0 Å². The van der Waals surface area contributed by atoms with Crippen LogP contribution in [-0.4, -0.2) is 40.4 Å². The number of aromatic amines is 1. The van der Waals surface area contributed by atoms with Crippen LogP contribution in [0.1, 0.15) is 78.0 Å². The lowest BCUT2D eigenvalue weighted by Gasteiger charge is -2.42. The van der Waals surface area contributed by atoms with Crippen molar-refractivity contribution in [3.8, 4) is 0 Å². The first-order chi connectivity index (χ1) is 16.5. The molecular formula is C30H45N3O2. The number of aliphatic hydroxyl groups is 1. The number of aliphatic imine (C=N–C) groups is 1. The van der Waals surface area contributed by atoms with Crippen LogP contribution in [-0.2, 0) is 4.79 Å². The number of carbonyl (C=O) groups excluding carboxylic acids is 1. The zero-order valence-electron chi connectivity index (χ0n) is 22.7. The summed E-state index contributed by atoms with van der Waals surface area (Å²) in [5, 5.41) is 13.5. The van der Waals surface area contributed by atoms with Crippen LogP contribution in [0.25, 0.3) is 6.08 Å². The lowest BCUT2D eigenvalue weighted by Crippen LogP contribution is -2.44. The van der Waals surface area contributed by atoms with Gasteiger partial charge in [0.15, 0.2) is 0 Å². The van der Waals surface area contributed by atoms with Gasteiger partial charge in [-0.3, -0.25) is 9.79 Å². The number of nitrogens with one attached hydrogen (secondary N) is 2. The Morgan fingerprint density at radius 3 is 2.69 bits per heavy atom. The Hall–Kier alpha value is -2.66. The van der Waals surface area contributed by atoms with E-state index in [0.717, 1.165) is 48.2 Å². The van der Waals surface area contributed by atoms with Gasteiger partial charge in [-0.1, -0.05) is 56.2 Å². The molecule has 3 N–H and O–H groups in total. The number of rotatable bonds is 10. The molecule has 1 aliphatic rings. The van der Waals surface area contributed by atoms with Gasteiger partial charge in [0.1, 0.15) is 0 Å². The van der Waals surface area contributed by atoms with E-state index in [1.54, 1.807) is 7.05 Å². The van der Waals surface area contributed by atoms with Crippen LogP contribution in [0, 0.1) is 18.8 Å². The molecule has 5 nitrogen and oxygen atoms in total. The molecule has 1 heterocycles. The summed E-state index contributed by atoms with van der Waals surface area (Å²) in [5.74, 6) is 0.417. The number of H-pyrrole nitrogens is 1. The Kier molecular flexibility index (Phi) is 10.5. The van der Waals surface area contributed by atoms with E-state index in [0.29, 0.717) is 12.0 Å². The third kappa shape index (κ3) is 8.21. The molecule has 5 heteroatoms. The first-order valence-corrected chi connectivity index (χ1v) is 12.8. The van der Waals surface area contributed by atoms with Gasteiger partial charge in [0.25, 0.3) is 5.91 Å². The summed E-state index contributed by atoms with van der Waals surface area (Å²) in [6.07, 6.45) is 13.8. The van der Waals surface area contributed by atoms with Crippen molar-refractivity contribution in [1.82, 2.24) is 10.3 Å². The molecule has 1 saturated carbocycles. The van der Waals surface area contributed by atoms with Gasteiger partial charge in [-0.15, -0.1) is 0 Å². The highest BCUT2D eigenvalue weighted by Crippen LogP contribution is 2.40. The van der Waals surface area contributed by atoms with Crippen LogP contribution in [0.3, 0.4) is 0 Å². The Bertz CT molecular complexity index is 1010. The van der Waals surface area contributed by atoms with E-state index in [9.17, 15) is 9.90 Å². The fraction of sp³-hybridized carbons (Fsp3) is 0.533. The zero-order valence-corrected chi connectivity index (χ0v) is 22.7. The van der Waals surface area contributed by atoms with Crippen molar-refractivity contribution in [3.63, 3.8) is 0 Å². The van der Waals surface area contributed by atoms with Crippen molar-refractivity contribution in [3.05, 3.63) is 65.0 Å². The SMILES string of the molecule is C=C(/C=C\c1[nH]ccc1C)C/C=C(/C)CC(=NC1C(C)CC(C)(O)CC1CC)/C(=C\C)C(=O)NC. The van der Waals surface area contributed by atoms with Gasteiger partial charge in [0.2, 0.25) is 0 Å². The van der Waals surface area contributed by atoms with Crippen molar-refractivity contribution in [2.45, 2.75) is 85.3 Å². The van der Waals surface area contributed by atoms with E-state index in [-0.39, 0.29) is 23.8 Å². The zero-order chi connectivity index (χ0) is 26.2. The summed E-state index contributed by atoms with van der Waals surface area (Å²) in [6.45, 7) is 16.5. The molecule has 1 aromatic heterocycles. The van der Waals surface area contributed by atoms with E-state index >= 15 is 0 Å². The van der Waals surface area contributed by atoms with Crippen LogP contribution in [0.15, 0.2) is 58.8 Å². The molecule has 192 valence electrons. The molecule has 0 radical (unpaired) electrons. The summed E-state index contributed by atoms with van der Waals surface area (Å²) in [4.78, 5) is 21.1. The first-order valence-electron chi connectivity index (χ1n) is 12.8. The van der Waals surface area contributed by atoms with Gasteiger partial charge in [0, 0.05) is 25.4 Å². The Balaban J connectivity index is 2.25. The van der Waals surface area contributed by atoms with E-state index < -0.39 is 5.60 Å². The maximum Gasteiger partial charge on any atom is 0.252 e. The van der Waals surface area contributed by atoms with E-state index in [4.69, 9.17) is 4.99 Å². The molecule has 0 aliphatic heterocycles. The second-order valence-corrected chi connectivity index (χ2v) is 10.4. The largest absolute Gasteiger partial charge is 0.390 e. The highest BCUT2D eigenvalue weighted by molar-refractivity contribution is 6.22. The average molecular weight is 480 g/mol. The van der Waals surface area contributed by atoms with E-state index in [1.165, 1.54) is 5.56 Å². The Morgan fingerprint density at radius 1 is 1.40 bits per heavy atom. The number of amides is 1. The molecule has 2 rings (SSSR count). The fourth-order valence-electron chi connectivity index (χ4n) is 5.17. The predicted molar refractivity (Wildman–Crippen MR) is 149 cm³/mol. The molecule has 1 fully saturated rings. The minimum atomic E-state index is -0.654. The third-order valence-corrected chi connectivity index (χ3v) is 7.07. The topological polar surface area (TPSA) is 77.5 Å². The molecule has 1 aromatic rings. The first kappa shape index (κ1) is 28.6. The van der Waals surface area contributed by atoms with Gasteiger partial charge in [-0.05, 0) is 76.5 Å². The second kappa shape index (κ2) is 12.9. The highest BCUT2D eigenvalue weighted by Gasteiger charge is 2.40. The van der Waals surface area contributed by atoms with Crippen LogP contribution in [0.5, 0.6) is 0 Å². The smallest absolute Gasteiger partial charge is 0.252 e. The van der Waals surface area contributed by atoms with Crippen molar-refractivity contribution in [2.24, 2.45) is 16.8 Å². The van der Waals surface area contributed by atoms with Gasteiger partial charge >= 0.3 is 0 Å². The van der Waals surface area contributed by atoms with Gasteiger partial charge in [-0.25, -0.2) is 0 Å². The highest BCUT2D eigenvalue weighted by atomic mass is 16.3. The summed E-state index contributed by atoms with van der Waals surface area (Å²) in [5.41, 5.74) is 5.26. The molecule has 0 spiro atoms. The number of likely N-dealkylation sites (N-methyl/N-ethyl adjacent to an activating group) is 1. The quantitative estimate of drug-likeness (QED) is 0.159. The van der Waals surface area contributed by atoms with Gasteiger partial charge in [0.05, 0.1) is 22.9 Å². The summed E-state index contributed by atoms with van der Waals surface area (Å²) in [7, 11) is 1.66. The minimum Gasteiger partial charge on any atom is -0.390 e. The molecule has 4 atom stereocenters. The molecule has 0 bridgehead atoms. The predicted octanol–water partition coefficient (Wildman–Crippen LogP) is 6.33. The van der Waals surface area contributed by atoms with Crippen LogP contribution in [0.2, 0.25) is 0 Å². The molecule has 1 amide bonds. The molecule has 4 unspecified atom stereocenters. The van der Waals surface area contributed by atoms with Crippen LogP contribution < -0.4 is 5.32 Å². The summed E-state index contributed by atoms with van der Waals surface area (Å²) in [6, 6.07) is 2.14. The van der Waals surface area contributed by atoms with Crippen molar-refractivity contribution in [2.75, 3.05) is 7.05 Å². The average Bonchev–Trinajstić information content (AvgIpc) is 3.22. The standard InChI is InChI=1S/C30H45N3O2/c1-9-24-19-30(7,35)18-23(6)28(24)33-27(25(10-2)29(34)31-8)17-21(4)12-11-20(3)13-14-26-22(5)15-16-32-26/h10,12-16,23-24,28,32,35H,3,9,11,17-19H2,1-2,4-8H3,(H,31,34)/b14-13-,21-12-,25-10+,33-27?. The normalized spacial score (nSPS) is 26.3. The molecule has 1 aliphatic carbocycles. The number of nitrogens with zero attached hydrogens (tertiary/aromatic N) is 1. The number of aryl methyl sites for hydroxylation is 1. The number of allylic oxidation sites excluding steroid dienone is 5. The number of hydrogen-bond donors (Lipinski definition) is 3. The summed E-state index contributed by atoms with van der Waals surface area (Å²) < 4.78 is 0. The monoisotopic (exact) mass is 479 g/mol. The van der Waals surface area contributed by atoms with Crippen molar-refractivity contribution in [1.29, 1.82) is 0 Å². The van der Waals surface area contributed by atoms with Gasteiger partial charge in [-0.2, -0.15) is 0 Å². The van der Waals surface area contributed by atoms with E-state index in [2.05, 4.69) is 62.8 Å². The fourth-order valence-corrected chi connectivity index (χ4v) is 5.17. The molecular weight excluding hydrogens is 434 g/mol. The maximum absolute atomic E-state index is 12.7. The van der Waals surface area contributed by atoms with Crippen LogP contribution in [0.4, 0.5) is 0 Å². The summed E-state index contributed by atoms with van der Waals surface area (Å²) >= 11 is 0. The Labute approximate surface area is 212 Å². The molecule has 35 heavy (non-hydrogen) atoms. The maximum atomic E-state index is 12.7. The molecule has 0 aromatic carbocycles. The lowest BCUT2D eigenvalue weighted by molar-refractivity contribution is -0.116. The number of carbonyl (C=O) groups is 1.